The van der Waals surface area contributed by atoms with Gasteiger partial charge in [-0.2, -0.15) is 0 Å². The van der Waals surface area contributed by atoms with E-state index in [9.17, 15) is 4.79 Å². The van der Waals surface area contributed by atoms with Crippen molar-refractivity contribution in [1.82, 2.24) is 14.4 Å². The third-order valence-electron chi connectivity index (χ3n) is 1.79. The second-order valence-electron chi connectivity index (χ2n) is 2.67. The topological polar surface area (TPSA) is 82.5 Å². The monoisotopic (exact) mass is 192 g/mol. The fourth-order valence-corrected chi connectivity index (χ4v) is 1.13. The molecule has 72 valence electrons. The summed E-state index contributed by atoms with van der Waals surface area (Å²) in [5.74, 6) is -0.146. The average Bonchev–Trinajstić information content (AvgIpc) is 2.62. The molecule has 0 amide bonds. The molecule has 0 saturated carbocycles. The van der Waals surface area contributed by atoms with E-state index in [2.05, 4.69) is 14.7 Å². The van der Waals surface area contributed by atoms with Crippen molar-refractivity contribution in [2.24, 2.45) is 0 Å². The van der Waals surface area contributed by atoms with Crippen molar-refractivity contribution in [3.05, 3.63) is 24.3 Å². The standard InChI is InChI=1S/C8H8N4O2/c1-14-7(13)6-5(9)4-12-3-2-10-8(12)11-6/h2-4H,9H2,1H3. The van der Waals surface area contributed by atoms with Crippen molar-refractivity contribution in [1.29, 1.82) is 0 Å². The molecule has 0 aromatic carbocycles. The summed E-state index contributed by atoms with van der Waals surface area (Å²) in [4.78, 5) is 19.1. The Morgan fingerprint density at radius 3 is 3.14 bits per heavy atom. The van der Waals surface area contributed by atoms with Crippen LogP contribution in [0.25, 0.3) is 5.78 Å². The Bertz CT molecular complexity index is 491. The fraction of sp³-hybridized carbons (Fsp3) is 0.125. The van der Waals surface area contributed by atoms with Crippen molar-refractivity contribution in [2.45, 2.75) is 0 Å². The number of anilines is 1. The molecule has 2 rings (SSSR count). The first-order chi connectivity index (χ1) is 6.72. The highest BCUT2D eigenvalue weighted by molar-refractivity contribution is 5.93. The second kappa shape index (κ2) is 2.99. The molecular formula is C8H8N4O2. The fourth-order valence-electron chi connectivity index (χ4n) is 1.13. The number of hydrogen-bond donors (Lipinski definition) is 1. The quantitative estimate of drug-likeness (QED) is 0.648. The smallest absolute Gasteiger partial charge is 0.359 e. The molecule has 2 aromatic heterocycles. The summed E-state index contributed by atoms with van der Waals surface area (Å²) in [6, 6.07) is 0. The predicted molar refractivity (Wildman–Crippen MR) is 48.7 cm³/mol. The lowest BCUT2D eigenvalue weighted by Gasteiger charge is -2.02. The van der Waals surface area contributed by atoms with Gasteiger partial charge in [0, 0.05) is 18.6 Å². The van der Waals surface area contributed by atoms with Gasteiger partial charge in [-0.1, -0.05) is 0 Å². The van der Waals surface area contributed by atoms with Gasteiger partial charge in [-0.3, -0.25) is 4.40 Å². The first-order valence-electron chi connectivity index (χ1n) is 3.90. The molecule has 0 spiro atoms. The molecule has 14 heavy (non-hydrogen) atoms. The van der Waals surface area contributed by atoms with Crippen LogP contribution in [0.3, 0.4) is 0 Å². The van der Waals surface area contributed by atoms with Gasteiger partial charge in [-0.15, -0.1) is 0 Å². The van der Waals surface area contributed by atoms with Gasteiger partial charge in [-0.25, -0.2) is 14.8 Å². The second-order valence-corrected chi connectivity index (χ2v) is 2.67. The third kappa shape index (κ3) is 1.17. The molecule has 2 N–H and O–H groups in total. The van der Waals surface area contributed by atoms with Crippen LogP contribution in [0, 0.1) is 0 Å². The number of esters is 1. The number of aromatic nitrogens is 3. The molecule has 6 heteroatoms. The Hall–Kier alpha value is -2.11. The van der Waals surface area contributed by atoms with Gasteiger partial charge in [0.15, 0.2) is 5.69 Å². The van der Waals surface area contributed by atoms with Crippen LogP contribution in [0.4, 0.5) is 5.69 Å². The Labute approximate surface area is 79.3 Å². The summed E-state index contributed by atoms with van der Waals surface area (Å²) in [5, 5.41) is 0. The molecule has 0 atom stereocenters. The number of carbonyl (C=O) groups is 1. The summed E-state index contributed by atoms with van der Waals surface area (Å²) in [7, 11) is 1.28. The van der Waals surface area contributed by atoms with E-state index < -0.39 is 5.97 Å². The van der Waals surface area contributed by atoms with Crippen molar-refractivity contribution < 1.29 is 9.53 Å². The number of carbonyl (C=O) groups excluding carboxylic acids is 1. The minimum atomic E-state index is -0.562. The van der Waals surface area contributed by atoms with Crippen LogP contribution < -0.4 is 5.73 Å². The number of methoxy groups -OCH3 is 1. The third-order valence-corrected chi connectivity index (χ3v) is 1.79. The minimum absolute atomic E-state index is 0.0891. The zero-order valence-electron chi connectivity index (χ0n) is 7.47. The van der Waals surface area contributed by atoms with E-state index in [1.165, 1.54) is 7.11 Å². The highest BCUT2D eigenvalue weighted by atomic mass is 16.5. The molecule has 0 aliphatic rings. The molecule has 0 aliphatic heterocycles. The Morgan fingerprint density at radius 1 is 1.64 bits per heavy atom. The van der Waals surface area contributed by atoms with Gasteiger partial charge in [0.25, 0.3) is 0 Å². The lowest BCUT2D eigenvalue weighted by atomic mass is 10.3. The van der Waals surface area contributed by atoms with Crippen LogP contribution in [0.1, 0.15) is 10.5 Å². The molecule has 0 unspecified atom stereocenters. The highest BCUT2D eigenvalue weighted by Gasteiger charge is 2.13. The Morgan fingerprint density at radius 2 is 2.43 bits per heavy atom. The van der Waals surface area contributed by atoms with Crippen molar-refractivity contribution in [2.75, 3.05) is 12.8 Å². The lowest BCUT2D eigenvalue weighted by Crippen LogP contribution is -2.10. The minimum Gasteiger partial charge on any atom is -0.464 e. The van der Waals surface area contributed by atoms with Crippen molar-refractivity contribution in [3.8, 4) is 0 Å². The molecule has 6 nitrogen and oxygen atoms in total. The van der Waals surface area contributed by atoms with E-state index in [0.29, 0.717) is 5.78 Å². The summed E-state index contributed by atoms with van der Waals surface area (Å²) in [6.07, 6.45) is 4.84. The van der Waals surface area contributed by atoms with Gasteiger partial charge < -0.3 is 10.5 Å². The van der Waals surface area contributed by atoms with E-state index in [-0.39, 0.29) is 11.4 Å². The molecule has 2 heterocycles. The number of nitrogens with two attached hydrogens (primary N) is 1. The number of hydrogen-bond acceptors (Lipinski definition) is 5. The van der Waals surface area contributed by atoms with Gasteiger partial charge in [0.1, 0.15) is 0 Å². The summed E-state index contributed by atoms with van der Waals surface area (Å²) < 4.78 is 6.15. The van der Waals surface area contributed by atoms with Crippen LogP contribution >= 0.6 is 0 Å². The zero-order chi connectivity index (χ0) is 10.1. The first kappa shape index (κ1) is 8.49. The van der Waals surface area contributed by atoms with Gasteiger partial charge >= 0.3 is 5.97 Å². The van der Waals surface area contributed by atoms with E-state index in [4.69, 9.17) is 5.73 Å². The van der Waals surface area contributed by atoms with Crippen LogP contribution in [-0.2, 0) is 4.74 Å². The summed E-state index contributed by atoms with van der Waals surface area (Å²) in [5.41, 5.74) is 5.97. The molecule has 0 saturated heterocycles. The van der Waals surface area contributed by atoms with Gasteiger partial charge in [-0.05, 0) is 0 Å². The maximum absolute atomic E-state index is 11.2. The maximum atomic E-state index is 11.2. The Balaban J connectivity index is 2.64. The van der Waals surface area contributed by atoms with Crippen LogP contribution in [0.5, 0.6) is 0 Å². The first-order valence-corrected chi connectivity index (χ1v) is 3.90. The predicted octanol–water partition coefficient (Wildman–Crippen LogP) is 0.0981. The summed E-state index contributed by atoms with van der Waals surface area (Å²) >= 11 is 0. The molecular weight excluding hydrogens is 184 g/mol. The molecule has 2 aromatic rings. The maximum Gasteiger partial charge on any atom is 0.359 e. The zero-order valence-corrected chi connectivity index (χ0v) is 7.47. The van der Waals surface area contributed by atoms with Crippen LogP contribution in [0.2, 0.25) is 0 Å². The van der Waals surface area contributed by atoms with Crippen LogP contribution in [-0.4, -0.2) is 27.4 Å². The van der Waals surface area contributed by atoms with Crippen molar-refractivity contribution >= 4 is 17.4 Å². The van der Waals surface area contributed by atoms with Crippen LogP contribution in [0.15, 0.2) is 18.6 Å². The number of ether oxygens (including phenoxy) is 1. The SMILES string of the molecule is COC(=O)c1nc2nccn2cc1N. The number of nitrogen functional groups attached to an aromatic ring is 1. The Kier molecular flexibility index (Phi) is 1.81. The number of rotatable bonds is 1. The molecule has 0 bridgehead atoms. The van der Waals surface area contributed by atoms with Gasteiger partial charge in [0.05, 0.1) is 12.8 Å². The molecule has 0 aliphatic carbocycles. The van der Waals surface area contributed by atoms with E-state index >= 15 is 0 Å². The molecule has 0 fully saturated rings. The normalized spacial score (nSPS) is 10.4. The van der Waals surface area contributed by atoms with E-state index in [1.807, 2.05) is 0 Å². The number of imidazole rings is 1. The van der Waals surface area contributed by atoms with Crippen molar-refractivity contribution in [3.63, 3.8) is 0 Å². The number of nitrogens with zero attached hydrogens (tertiary/aromatic N) is 3. The van der Waals surface area contributed by atoms with E-state index in [0.717, 1.165) is 0 Å². The lowest BCUT2D eigenvalue weighted by molar-refractivity contribution is 0.0595. The average molecular weight is 192 g/mol. The number of fused-ring (bicyclic) bond motifs is 1. The van der Waals surface area contributed by atoms with Gasteiger partial charge in [0.2, 0.25) is 5.78 Å². The highest BCUT2D eigenvalue weighted by Crippen LogP contribution is 2.10. The largest absolute Gasteiger partial charge is 0.464 e. The molecule has 0 radical (unpaired) electrons. The van der Waals surface area contributed by atoms with E-state index in [1.54, 1.807) is 23.0 Å². The summed E-state index contributed by atoms with van der Waals surface area (Å²) in [6.45, 7) is 0.